The van der Waals surface area contributed by atoms with Gasteiger partial charge in [-0.2, -0.15) is 0 Å². The van der Waals surface area contributed by atoms with Crippen LogP contribution in [0.1, 0.15) is 54.4 Å². The normalized spacial score (nSPS) is 13.9. The van der Waals surface area contributed by atoms with Crippen molar-refractivity contribution in [2.45, 2.75) is 66.0 Å². The molecule has 0 aliphatic rings. The fraction of sp³-hybridized carbons (Fsp3) is 0.846. The number of rotatable bonds is 4. The predicted octanol–water partition coefficient (Wildman–Crippen LogP) is 2.19. The maximum atomic E-state index is 11.6. The number of urea groups is 1. The largest absolute Gasteiger partial charge is 0.460 e. The first kappa shape index (κ1) is 16.7. The Morgan fingerprint density at radius 1 is 1.17 bits per heavy atom. The van der Waals surface area contributed by atoms with Crippen LogP contribution in [0, 0.1) is 5.41 Å². The van der Waals surface area contributed by atoms with Crippen LogP contribution in [0.5, 0.6) is 0 Å². The summed E-state index contributed by atoms with van der Waals surface area (Å²) in [5.41, 5.74) is 4.50. The van der Waals surface area contributed by atoms with Gasteiger partial charge in [0.15, 0.2) is 0 Å². The second-order valence-electron chi connectivity index (χ2n) is 6.55. The molecule has 0 aromatic rings. The molecule has 106 valence electrons. The average Bonchev–Trinajstić information content (AvgIpc) is 2.06. The molecule has 0 fully saturated rings. The molecule has 0 unspecified atom stereocenters. The van der Waals surface area contributed by atoms with Gasteiger partial charge < -0.3 is 15.8 Å². The topological polar surface area (TPSA) is 81.4 Å². The molecule has 0 bridgehead atoms. The second-order valence-corrected chi connectivity index (χ2v) is 6.55. The van der Waals surface area contributed by atoms with E-state index in [0.29, 0.717) is 6.42 Å². The van der Waals surface area contributed by atoms with E-state index in [-0.39, 0.29) is 23.8 Å². The van der Waals surface area contributed by atoms with E-state index in [4.69, 9.17) is 10.5 Å². The first-order valence-electron chi connectivity index (χ1n) is 6.19. The number of hydrogen-bond donors (Lipinski definition) is 2. The Balaban J connectivity index is 4.36. The van der Waals surface area contributed by atoms with E-state index in [0.717, 1.165) is 0 Å². The third-order valence-corrected chi connectivity index (χ3v) is 2.42. The molecule has 0 saturated carbocycles. The summed E-state index contributed by atoms with van der Waals surface area (Å²) in [6.45, 7) is 11.4. The van der Waals surface area contributed by atoms with E-state index in [1.54, 1.807) is 0 Å². The van der Waals surface area contributed by atoms with Crippen molar-refractivity contribution in [1.29, 1.82) is 0 Å². The van der Waals surface area contributed by atoms with Crippen LogP contribution in [0.25, 0.3) is 0 Å². The molecular formula is C13H26N2O3. The van der Waals surface area contributed by atoms with E-state index in [2.05, 4.69) is 5.32 Å². The van der Waals surface area contributed by atoms with Crippen LogP contribution < -0.4 is 11.1 Å². The Bertz CT molecular complexity index is 300. The van der Waals surface area contributed by atoms with Gasteiger partial charge in [-0.15, -0.1) is 0 Å². The van der Waals surface area contributed by atoms with Crippen molar-refractivity contribution in [3.8, 4) is 0 Å². The van der Waals surface area contributed by atoms with Gasteiger partial charge in [0.1, 0.15) is 5.60 Å². The van der Waals surface area contributed by atoms with Crippen LogP contribution >= 0.6 is 0 Å². The lowest BCUT2D eigenvalue weighted by Gasteiger charge is -2.31. The highest BCUT2D eigenvalue weighted by atomic mass is 16.6. The number of carbonyl (C=O) groups is 2. The van der Waals surface area contributed by atoms with Gasteiger partial charge in [-0.1, -0.05) is 20.8 Å². The van der Waals surface area contributed by atoms with Crippen molar-refractivity contribution in [2.24, 2.45) is 11.1 Å². The minimum Gasteiger partial charge on any atom is -0.460 e. The van der Waals surface area contributed by atoms with E-state index in [1.165, 1.54) is 0 Å². The first-order valence-corrected chi connectivity index (χ1v) is 6.19. The van der Waals surface area contributed by atoms with Gasteiger partial charge in [0, 0.05) is 12.5 Å². The standard InChI is InChI=1S/C13H26N2O3/c1-12(2,3)9(15-11(14)17)7-8-10(16)18-13(4,5)6/h9H,7-8H2,1-6H3,(H3,14,15,17)/t9-/m0/s1. The fourth-order valence-corrected chi connectivity index (χ4v) is 1.55. The predicted molar refractivity (Wildman–Crippen MR) is 71.0 cm³/mol. The Kier molecular flexibility index (Phi) is 5.64. The molecule has 5 nitrogen and oxygen atoms in total. The number of hydrogen-bond acceptors (Lipinski definition) is 3. The molecule has 0 aliphatic carbocycles. The number of nitrogens with two attached hydrogens (primary N) is 1. The zero-order valence-corrected chi connectivity index (χ0v) is 12.3. The monoisotopic (exact) mass is 258 g/mol. The van der Waals surface area contributed by atoms with Crippen molar-refractivity contribution in [2.75, 3.05) is 0 Å². The number of primary amides is 1. The van der Waals surface area contributed by atoms with Crippen LogP contribution in [-0.2, 0) is 9.53 Å². The molecule has 2 amide bonds. The van der Waals surface area contributed by atoms with E-state index < -0.39 is 11.6 Å². The summed E-state index contributed by atoms with van der Waals surface area (Å²) >= 11 is 0. The number of esters is 1. The summed E-state index contributed by atoms with van der Waals surface area (Å²) in [6, 6.07) is -0.721. The molecule has 0 heterocycles. The third-order valence-electron chi connectivity index (χ3n) is 2.42. The number of ether oxygens (including phenoxy) is 1. The van der Waals surface area contributed by atoms with Gasteiger partial charge in [-0.3, -0.25) is 4.79 Å². The van der Waals surface area contributed by atoms with Gasteiger partial charge in [0.2, 0.25) is 0 Å². The summed E-state index contributed by atoms with van der Waals surface area (Å²) in [4.78, 5) is 22.5. The maximum Gasteiger partial charge on any atom is 0.312 e. The molecule has 0 aromatic carbocycles. The molecular weight excluding hydrogens is 232 g/mol. The van der Waals surface area contributed by atoms with E-state index >= 15 is 0 Å². The zero-order chi connectivity index (χ0) is 14.6. The third kappa shape index (κ3) is 7.92. The lowest BCUT2D eigenvalue weighted by atomic mass is 9.84. The zero-order valence-electron chi connectivity index (χ0n) is 12.3. The molecule has 1 atom stereocenters. The number of amides is 2. The van der Waals surface area contributed by atoms with Gasteiger partial charge in [0.25, 0.3) is 0 Å². The lowest BCUT2D eigenvalue weighted by molar-refractivity contribution is -0.155. The Hall–Kier alpha value is -1.26. The summed E-state index contributed by atoms with van der Waals surface area (Å²) in [5, 5.41) is 2.67. The van der Waals surface area contributed by atoms with Gasteiger partial charge in [-0.25, -0.2) is 4.79 Å². The minimum absolute atomic E-state index is 0.150. The van der Waals surface area contributed by atoms with Crippen molar-refractivity contribution in [1.82, 2.24) is 5.32 Å². The van der Waals surface area contributed by atoms with Gasteiger partial charge in [0.05, 0.1) is 0 Å². The Morgan fingerprint density at radius 2 is 1.67 bits per heavy atom. The van der Waals surface area contributed by atoms with Crippen LogP contribution in [0.2, 0.25) is 0 Å². The summed E-state index contributed by atoms with van der Waals surface area (Å²) in [6.07, 6.45) is 0.779. The highest BCUT2D eigenvalue weighted by Crippen LogP contribution is 2.23. The molecule has 0 saturated heterocycles. The van der Waals surface area contributed by atoms with Crippen molar-refractivity contribution in [3.63, 3.8) is 0 Å². The molecule has 5 heteroatoms. The summed E-state index contributed by atoms with van der Waals surface area (Å²) in [5.74, 6) is -0.261. The second kappa shape index (κ2) is 6.07. The SMILES string of the molecule is CC(C)(C)OC(=O)CC[C@H](NC(N)=O)C(C)(C)C. The highest BCUT2D eigenvalue weighted by Gasteiger charge is 2.27. The summed E-state index contributed by atoms with van der Waals surface area (Å²) in [7, 11) is 0. The smallest absolute Gasteiger partial charge is 0.312 e. The number of carbonyl (C=O) groups excluding carboxylic acids is 2. The summed E-state index contributed by atoms with van der Waals surface area (Å²) < 4.78 is 5.22. The van der Waals surface area contributed by atoms with Gasteiger partial charge >= 0.3 is 12.0 Å². The molecule has 0 rings (SSSR count). The molecule has 0 spiro atoms. The van der Waals surface area contributed by atoms with E-state index in [1.807, 2.05) is 41.5 Å². The molecule has 18 heavy (non-hydrogen) atoms. The minimum atomic E-state index is -0.570. The Labute approximate surface area is 109 Å². The van der Waals surface area contributed by atoms with Gasteiger partial charge in [-0.05, 0) is 32.6 Å². The fourth-order valence-electron chi connectivity index (χ4n) is 1.55. The number of nitrogens with one attached hydrogen (secondary N) is 1. The lowest BCUT2D eigenvalue weighted by Crippen LogP contribution is -2.46. The quantitative estimate of drug-likeness (QED) is 0.758. The van der Waals surface area contributed by atoms with Crippen LogP contribution in [-0.4, -0.2) is 23.6 Å². The molecule has 0 aromatic heterocycles. The van der Waals surface area contributed by atoms with Crippen LogP contribution in [0.4, 0.5) is 4.79 Å². The average molecular weight is 258 g/mol. The van der Waals surface area contributed by atoms with Crippen molar-refractivity contribution >= 4 is 12.0 Å². The van der Waals surface area contributed by atoms with Crippen LogP contribution in [0.3, 0.4) is 0 Å². The van der Waals surface area contributed by atoms with Crippen molar-refractivity contribution < 1.29 is 14.3 Å². The molecule has 0 radical (unpaired) electrons. The molecule has 3 N–H and O–H groups in total. The Morgan fingerprint density at radius 3 is 2.00 bits per heavy atom. The molecule has 0 aliphatic heterocycles. The highest BCUT2D eigenvalue weighted by molar-refractivity contribution is 5.72. The van der Waals surface area contributed by atoms with Crippen LogP contribution in [0.15, 0.2) is 0 Å². The maximum absolute atomic E-state index is 11.6. The van der Waals surface area contributed by atoms with Crippen molar-refractivity contribution in [3.05, 3.63) is 0 Å². The first-order chi connectivity index (χ1) is 7.92. The van der Waals surface area contributed by atoms with E-state index in [9.17, 15) is 9.59 Å².